The summed E-state index contributed by atoms with van der Waals surface area (Å²) in [6.07, 6.45) is 0.559. The first-order valence-electron chi connectivity index (χ1n) is 7.66. The van der Waals surface area contributed by atoms with Crippen LogP contribution in [-0.4, -0.2) is 78.2 Å². The molecule has 2 atom stereocenters. The van der Waals surface area contributed by atoms with E-state index in [1.165, 1.54) is 0 Å². The largest absolute Gasteiger partial charge is 0.480 e. The number of hydrogen-bond acceptors (Lipinski definition) is 7. The second-order valence-corrected chi connectivity index (χ2v) is 5.13. The predicted octanol–water partition coefficient (Wildman–Crippen LogP) is -4.84. The van der Waals surface area contributed by atoms with Gasteiger partial charge < -0.3 is 43.4 Å². The van der Waals surface area contributed by atoms with Crippen molar-refractivity contribution in [1.82, 2.24) is 16.0 Å². The molecule has 0 aromatic rings. The van der Waals surface area contributed by atoms with E-state index in [0.717, 1.165) is 0 Å². The lowest BCUT2D eigenvalue weighted by Gasteiger charge is -2.18. The predicted molar refractivity (Wildman–Crippen MR) is 90.6 cm³/mol. The zero-order chi connectivity index (χ0) is 20.1. The van der Waals surface area contributed by atoms with Crippen LogP contribution in [0.1, 0.15) is 12.8 Å². The fourth-order valence-electron chi connectivity index (χ4n) is 1.75. The molecule has 3 amide bonds. The number of aliphatic imine (C=N–C) groups is 1. The van der Waals surface area contributed by atoms with E-state index in [2.05, 4.69) is 15.6 Å². The van der Waals surface area contributed by atoms with E-state index in [1.54, 1.807) is 0 Å². The molecule has 0 heterocycles. The van der Waals surface area contributed by atoms with E-state index in [4.69, 9.17) is 27.4 Å². The molecule has 0 aromatic carbocycles. The molecule has 11 N–H and O–H groups in total. The van der Waals surface area contributed by atoms with Crippen molar-refractivity contribution in [3.63, 3.8) is 0 Å². The van der Waals surface area contributed by atoms with Gasteiger partial charge >= 0.3 is 5.97 Å². The van der Waals surface area contributed by atoms with Gasteiger partial charge in [-0.05, 0) is 12.8 Å². The molecule has 0 aliphatic carbocycles. The Kier molecular flexibility index (Phi) is 11.0. The summed E-state index contributed by atoms with van der Waals surface area (Å²) in [5.41, 5.74) is 15.6. The number of nitrogens with two attached hydrogens (primary N) is 3. The van der Waals surface area contributed by atoms with Gasteiger partial charge in [0.05, 0.1) is 19.7 Å². The highest BCUT2D eigenvalue weighted by Gasteiger charge is 2.22. The molecule has 0 radical (unpaired) electrons. The first kappa shape index (κ1) is 23.1. The van der Waals surface area contributed by atoms with Gasteiger partial charge in [-0.3, -0.25) is 19.4 Å². The number of carboxylic acids is 1. The Hall–Kier alpha value is -2.93. The maximum Gasteiger partial charge on any atom is 0.328 e. The number of carbonyl (C=O) groups is 4. The number of carboxylic acid groups (broad SMARTS) is 1. The molecule has 13 heteroatoms. The topological polar surface area (TPSA) is 235 Å². The van der Waals surface area contributed by atoms with E-state index in [0.29, 0.717) is 6.42 Å². The number of nitrogens with zero attached hydrogens (tertiary/aromatic N) is 1. The van der Waals surface area contributed by atoms with Crippen molar-refractivity contribution in [1.29, 1.82) is 0 Å². The number of carbonyl (C=O) groups excluding carboxylic acids is 3. The SMILES string of the molecule is NCC(=O)NC(CCCN=C(N)N)C(=O)NCC(=O)NC(CO)C(=O)O. The maximum atomic E-state index is 12.1. The molecule has 148 valence electrons. The maximum absolute atomic E-state index is 12.1. The Morgan fingerprint density at radius 3 is 2.15 bits per heavy atom. The average Bonchev–Trinajstić information content (AvgIpc) is 2.59. The zero-order valence-electron chi connectivity index (χ0n) is 14.1. The minimum absolute atomic E-state index is 0.106. The Morgan fingerprint density at radius 1 is 1.04 bits per heavy atom. The number of aliphatic hydroxyl groups excluding tert-OH is 1. The van der Waals surface area contributed by atoms with Gasteiger partial charge in [0.15, 0.2) is 5.96 Å². The highest BCUT2D eigenvalue weighted by Crippen LogP contribution is 1.99. The third-order valence-electron chi connectivity index (χ3n) is 3.02. The first-order valence-corrected chi connectivity index (χ1v) is 7.66. The Labute approximate surface area is 149 Å². The quantitative estimate of drug-likeness (QED) is 0.0925. The highest BCUT2D eigenvalue weighted by atomic mass is 16.4. The zero-order valence-corrected chi connectivity index (χ0v) is 14.1. The van der Waals surface area contributed by atoms with E-state index in [1.807, 2.05) is 5.32 Å². The lowest BCUT2D eigenvalue weighted by molar-refractivity contribution is -0.142. The number of guanidine groups is 1. The summed E-state index contributed by atoms with van der Waals surface area (Å²) in [4.78, 5) is 49.6. The molecule has 0 fully saturated rings. The van der Waals surface area contributed by atoms with Crippen molar-refractivity contribution in [3.05, 3.63) is 0 Å². The van der Waals surface area contributed by atoms with Gasteiger partial charge in [0.25, 0.3) is 0 Å². The van der Waals surface area contributed by atoms with E-state index < -0.39 is 48.9 Å². The van der Waals surface area contributed by atoms with Crippen molar-refractivity contribution in [3.8, 4) is 0 Å². The van der Waals surface area contributed by atoms with Crippen molar-refractivity contribution in [2.24, 2.45) is 22.2 Å². The fourth-order valence-corrected chi connectivity index (χ4v) is 1.75. The second-order valence-electron chi connectivity index (χ2n) is 5.13. The summed E-state index contributed by atoms with van der Waals surface area (Å²) < 4.78 is 0. The van der Waals surface area contributed by atoms with Gasteiger partial charge in [-0.2, -0.15) is 0 Å². The van der Waals surface area contributed by atoms with Crippen molar-refractivity contribution in [2.75, 3.05) is 26.2 Å². The van der Waals surface area contributed by atoms with Gasteiger partial charge in [-0.1, -0.05) is 0 Å². The van der Waals surface area contributed by atoms with Crippen LogP contribution in [0.2, 0.25) is 0 Å². The highest BCUT2D eigenvalue weighted by molar-refractivity contribution is 5.91. The third kappa shape index (κ3) is 10.0. The Bertz CT molecular complexity index is 535. The van der Waals surface area contributed by atoms with Gasteiger partial charge in [0.2, 0.25) is 17.7 Å². The summed E-state index contributed by atoms with van der Waals surface area (Å²) in [6, 6.07) is -2.45. The summed E-state index contributed by atoms with van der Waals surface area (Å²) in [5.74, 6) is -3.57. The number of rotatable bonds is 12. The summed E-state index contributed by atoms with van der Waals surface area (Å²) in [7, 11) is 0. The molecule has 0 saturated carbocycles. The monoisotopic (exact) mass is 375 g/mol. The van der Waals surface area contributed by atoms with Crippen LogP contribution in [0.15, 0.2) is 4.99 Å². The smallest absolute Gasteiger partial charge is 0.328 e. The normalized spacial score (nSPS) is 12.4. The van der Waals surface area contributed by atoms with Crippen molar-refractivity contribution >= 4 is 29.7 Å². The van der Waals surface area contributed by atoms with Crippen molar-refractivity contribution < 1.29 is 29.4 Å². The number of aliphatic hydroxyl groups is 1. The van der Waals surface area contributed by atoms with Gasteiger partial charge in [-0.25, -0.2) is 4.79 Å². The molecule has 0 aliphatic rings. The number of amides is 3. The van der Waals surface area contributed by atoms with Gasteiger partial charge in [0, 0.05) is 6.54 Å². The molecule has 0 bridgehead atoms. The minimum atomic E-state index is -1.48. The Balaban J connectivity index is 4.60. The molecular formula is C13H25N7O6. The molecule has 26 heavy (non-hydrogen) atoms. The lowest BCUT2D eigenvalue weighted by atomic mass is 10.1. The van der Waals surface area contributed by atoms with Crippen LogP contribution in [0.5, 0.6) is 0 Å². The number of aliphatic carboxylic acids is 1. The fraction of sp³-hybridized carbons (Fsp3) is 0.615. The van der Waals surface area contributed by atoms with Crippen LogP contribution in [0, 0.1) is 0 Å². The molecule has 0 aromatic heterocycles. The molecule has 2 unspecified atom stereocenters. The molecular weight excluding hydrogens is 350 g/mol. The van der Waals surface area contributed by atoms with Crippen LogP contribution < -0.4 is 33.2 Å². The molecule has 0 aliphatic heterocycles. The van der Waals surface area contributed by atoms with Crippen LogP contribution in [0.25, 0.3) is 0 Å². The number of nitrogens with one attached hydrogen (secondary N) is 3. The molecule has 0 spiro atoms. The van der Waals surface area contributed by atoms with E-state index in [9.17, 15) is 19.2 Å². The first-order chi connectivity index (χ1) is 12.2. The third-order valence-corrected chi connectivity index (χ3v) is 3.02. The molecule has 0 rings (SSSR count). The standard InChI is InChI=1S/C13H25N7O6/c14-4-9(22)19-7(2-1-3-17-13(15)16)11(24)18-5-10(23)20-8(6-21)12(25)26/h7-8,21H,1-6,14H2,(H,18,24)(H,19,22)(H,20,23)(H,25,26)(H4,15,16,17). The van der Waals surface area contributed by atoms with Gasteiger partial charge in [-0.15, -0.1) is 0 Å². The minimum Gasteiger partial charge on any atom is -0.480 e. The average molecular weight is 375 g/mol. The molecule has 13 nitrogen and oxygen atoms in total. The Morgan fingerprint density at radius 2 is 1.65 bits per heavy atom. The van der Waals surface area contributed by atoms with Crippen LogP contribution in [0.4, 0.5) is 0 Å². The van der Waals surface area contributed by atoms with Crippen LogP contribution in [-0.2, 0) is 19.2 Å². The van der Waals surface area contributed by atoms with E-state index >= 15 is 0 Å². The van der Waals surface area contributed by atoms with Crippen LogP contribution in [0.3, 0.4) is 0 Å². The summed E-state index contributed by atoms with van der Waals surface area (Å²) in [6.45, 7) is -1.42. The van der Waals surface area contributed by atoms with E-state index in [-0.39, 0.29) is 25.5 Å². The summed E-state index contributed by atoms with van der Waals surface area (Å²) >= 11 is 0. The lowest BCUT2D eigenvalue weighted by Crippen LogP contribution is -2.52. The molecule has 0 saturated heterocycles. The summed E-state index contributed by atoms with van der Waals surface area (Å²) in [5, 5.41) is 24.2. The number of hydrogen-bond donors (Lipinski definition) is 8. The van der Waals surface area contributed by atoms with Crippen LogP contribution >= 0.6 is 0 Å². The second kappa shape index (κ2) is 12.4. The van der Waals surface area contributed by atoms with Crippen molar-refractivity contribution in [2.45, 2.75) is 24.9 Å². The van der Waals surface area contributed by atoms with Gasteiger partial charge in [0.1, 0.15) is 12.1 Å².